The summed E-state index contributed by atoms with van der Waals surface area (Å²) in [5.41, 5.74) is 0.731. The van der Waals surface area contributed by atoms with Crippen LogP contribution in [-0.2, 0) is 6.42 Å². The summed E-state index contributed by atoms with van der Waals surface area (Å²) in [5.74, 6) is 0.519. The van der Waals surface area contributed by atoms with E-state index >= 15 is 0 Å². The maximum Gasteiger partial charge on any atom is 0.328 e. The summed E-state index contributed by atoms with van der Waals surface area (Å²) in [5, 5.41) is 1.26. The number of rotatable bonds is 4. The first-order valence-electron chi connectivity index (χ1n) is 4.55. The third kappa shape index (κ3) is 3.31. The molecule has 0 spiro atoms. The van der Waals surface area contributed by atoms with Crippen molar-refractivity contribution in [2.24, 2.45) is 0 Å². The normalized spacial score (nSPS) is 12.3. The molecule has 0 N–H and O–H groups in total. The highest BCUT2D eigenvalue weighted by Crippen LogP contribution is 2.40. The molecular formula is C10H10Cl4OSi. The van der Waals surface area contributed by atoms with Gasteiger partial charge in [-0.1, -0.05) is 40.9 Å². The Morgan fingerprint density at radius 2 is 2.00 bits per heavy atom. The van der Waals surface area contributed by atoms with Gasteiger partial charge in [-0.15, -0.1) is 17.7 Å². The number of halogens is 4. The minimum atomic E-state index is -1.76. The number of benzene rings is 1. The van der Waals surface area contributed by atoms with Gasteiger partial charge in [0.1, 0.15) is 5.75 Å². The van der Waals surface area contributed by atoms with E-state index in [0.717, 1.165) is 5.56 Å². The van der Waals surface area contributed by atoms with Gasteiger partial charge in [-0.2, -0.15) is 0 Å². The van der Waals surface area contributed by atoms with Crippen LogP contribution < -0.4 is 4.43 Å². The molecule has 1 atom stereocenters. The fraction of sp³-hybridized carbons (Fsp3) is 0.200. The van der Waals surface area contributed by atoms with Crippen molar-refractivity contribution in [3.63, 3.8) is 0 Å². The third-order valence-corrected chi connectivity index (χ3v) is 3.78. The Balaban J connectivity index is 3.31. The number of hydrogen-bond donors (Lipinski definition) is 0. The van der Waals surface area contributed by atoms with Crippen molar-refractivity contribution in [3.8, 4) is 5.75 Å². The second kappa shape index (κ2) is 6.17. The predicted molar refractivity (Wildman–Crippen MR) is 74.9 cm³/mol. The Morgan fingerprint density at radius 3 is 2.50 bits per heavy atom. The fourth-order valence-corrected chi connectivity index (χ4v) is 2.94. The molecule has 0 aromatic heterocycles. The summed E-state index contributed by atoms with van der Waals surface area (Å²) in [4.78, 5) is 0. The second-order valence-electron chi connectivity index (χ2n) is 3.12. The molecule has 0 saturated carbocycles. The zero-order valence-electron chi connectivity index (χ0n) is 8.57. The molecule has 6 heteroatoms. The van der Waals surface area contributed by atoms with Crippen molar-refractivity contribution < 1.29 is 4.43 Å². The zero-order valence-corrected chi connectivity index (χ0v) is 12.7. The molecule has 1 aromatic carbocycles. The van der Waals surface area contributed by atoms with E-state index in [2.05, 4.69) is 6.58 Å². The van der Waals surface area contributed by atoms with Crippen LogP contribution in [0.1, 0.15) is 5.56 Å². The molecule has 16 heavy (non-hydrogen) atoms. The summed E-state index contributed by atoms with van der Waals surface area (Å²) in [6, 6.07) is 1.56. The van der Waals surface area contributed by atoms with Crippen LogP contribution in [0, 0.1) is 0 Å². The van der Waals surface area contributed by atoms with E-state index < -0.39 is 8.35 Å². The minimum Gasteiger partial charge on any atom is -0.531 e. The summed E-state index contributed by atoms with van der Waals surface area (Å²) < 4.78 is 5.55. The molecule has 0 amide bonds. The highest BCUT2D eigenvalue weighted by atomic mass is 35.6. The summed E-state index contributed by atoms with van der Waals surface area (Å²) in [6.45, 7) is 5.49. The van der Waals surface area contributed by atoms with Gasteiger partial charge in [0.05, 0.1) is 15.1 Å². The van der Waals surface area contributed by atoms with Gasteiger partial charge >= 0.3 is 8.35 Å². The van der Waals surface area contributed by atoms with E-state index in [1.54, 1.807) is 12.1 Å². The molecule has 0 bridgehead atoms. The van der Waals surface area contributed by atoms with Crippen molar-refractivity contribution in [3.05, 3.63) is 39.4 Å². The van der Waals surface area contributed by atoms with Crippen LogP contribution in [0.4, 0.5) is 0 Å². The van der Waals surface area contributed by atoms with E-state index in [4.69, 9.17) is 50.3 Å². The SMILES string of the molecule is C=CCc1c(Cl)c(Cl)cc(Cl)c1O[SiH](C)Cl. The van der Waals surface area contributed by atoms with Crippen molar-refractivity contribution in [2.45, 2.75) is 13.0 Å². The van der Waals surface area contributed by atoms with Gasteiger partial charge in [0.15, 0.2) is 0 Å². The van der Waals surface area contributed by atoms with Gasteiger partial charge in [0.25, 0.3) is 0 Å². The molecule has 0 heterocycles. The topological polar surface area (TPSA) is 9.23 Å². The Labute approximate surface area is 116 Å². The van der Waals surface area contributed by atoms with Crippen molar-refractivity contribution in [2.75, 3.05) is 0 Å². The van der Waals surface area contributed by atoms with Crippen LogP contribution in [-0.4, -0.2) is 8.35 Å². The summed E-state index contributed by atoms with van der Waals surface area (Å²) in [7, 11) is -1.76. The van der Waals surface area contributed by atoms with Crippen LogP contribution in [0.25, 0.3) is 0 Å². The molecule has 1 nitrogen and oxygen atoms in total. The molecule has 0 fully saturated rings. The number of allylic oxidation sites excluding steroid dienone is 1. The molecule has 1 rings (SSSR count). The second-order valence-corrected chi connectivity index (χ2v) is 7.47. The monoisotopic (exact) mass is 314 g/mol. The maximum absolute atomic E-state index is 6.09. The summed E-state index contributed by atoms with van der Waals surface area (Å²) >= 11 is 24.0. The lowest BCUT2D eigenvalue weighted by Gasteiger charge is -2.16. The largest absolute Gasteiger partial charge is 0.531 e. The molecule has 0 aliphatic heterocycles. The van der Waals surface area contributed by atoms with Crippen molar-refractivity contribution in [1.82, 2.24) is 0 Å². The van der Waals surface area contributed by atoms with Crippen LogP contribution in [0.5, 0.6) is 5.75 Å². The lowest BCUT2D eigenvalue weighted by molar-refractivity contribution is 0.585. The van der Waals surface area contributed by atoms with E-state index in [-0.39, 0.29) is 0 Å². The minimum absolute atomic E-state index is 0.403. The van der Waals surface area contributed by atoms with Crippen LogP contribution in [0.3, 0.4) is 0 Å². The van der Waals surface area contributed by atoms with Gasteiger partial charge in [-0.3, -0.25) is 0 Å². The molecule has 88 valence electrons. The Morgan fingerprint density at radius 1 is 1.38 bits per heavy atom. The molecule has 1 unspecified atom stereocenters. The van der Waals surface area contributed by atoms with E-state index in [0.29, 0.717) is 27.2 Å². The average molecular weight is 316 g/mol. The van der Waals surface area contributed by atoms with E-state index in [9.17, 15) is 0 Å². The molecule has 0 aliphatic rings. The Hall–Kier alpha value is 0.137. The molecule has 0 radical (unpaired) electrons. The van der Waals surface area contributed by atoms with Crippen molar-refractivity contribution >= 4 is 54.2 Å². The first-order chi connectivity index (χ1) is 7.47. The van der Waals surface area contributed by atoms with Gasteiger partial charge < -0.3 is 4.43 Å². The van der Waals surface area contributed by atoms with E-state index in [1.165, 1.54) is 0 Å². The van der Waals surface area contributed by atoms with Gasteiger partial charge in [0, 0.05) is 5.56 Å². The zero-order chi connectivity index (χ0) is 12.3. The van der Waals surface area contributed by atoms with Crippen LogP contribution in [0.15, 0.2) is 18.7 Å². The Kier molecular flexibility index (Phi) is 5.48. The molecule has 0 aliphatic carbocycles. The standard InChI is InChI=1S/C10H10Cl4OSi/c1-3-4-6-9(13)7(11)5-8(12)10(6)15-16(2)14/h3,5,16H,1,4H2,2H3. The lowest BCUT2D eigenvalue weighted by Crippen LogP contribution is -2.10. The summed E-state index contributed by atoms with van der Waals surface area (Å²) in [6.07, 6.45) is 2.24. The molecule has 1 aromatic rings. The fourth-order valence-electron chi connectivity index (χ4n) is 1.24. The maximum atomic E-state index is 6.09. The highest BCUT2D eigenvalue weighted by molar-refractivity contribution is 7.02. The highest BCUT2D eigenvalue weighted by Gasteiger charge is 2.17. The lowest BCUT2D eigenvalue weighted by atomic mass is 10.1. The van der Waals surface area contributed by atoms with Gasteiger partial charge in [0.2, 0.25) is 0 Å². The number of hydrogen-bond acceptors (Lipinski definition) is 1. The van der Waals surface area contributed by atoms with Gasteiger partial charge in [-0.25, -0.2) is 0 Å². The van der Waals surface area contributed by atoms with Crippen molar-refractivity contribution in [1.29, 1.82) is 0 Å². The predicted octanol–water partition coefficient (Wildman–Crippen LogP) is 4.84. The van der Waals surface area contributed by atoms with Crippen LogP contribution >= 0.6 is 45.9 Å². The molecule has 0 saturated heterocycles. The Bertz CT molecular complexity index is 406. The third-order valence-electron chi connectivity index (χ3n) is 1.85. The first-order valence-corrected chi connectivity index (χ1v) is 9.06. The first kappa shape index (κ1) is 14.2. The van der Waals surface area contributed by atoms with Crippen LogP contribution in [0.2, 0.25) is 21.6 Å². The quantitative estimate of drug-likeness (QED) is 0.334. The molecular weight excluding hydrogens is 306 g/mol. The average Bonchev–Trinajstić information content (AvgIpc) is 2.19. The van der Waals surface area contributed by atoms with Gasteiger partial charge in [-0.05, 0) is 19.0 Å². The van der Waals surface area contributed by atoms with E-state index in [1.807, 2.05) is 6.55 Å². The smallest absolute Gasteiger partial charge is 0.328 e.